The van der Waals surface area contributed by atoms with E-state index in [2.05, 4.69) is 0 Å². The molecule has 0 aromatic heterocycles. The van der Waals surface area contributed by atoms with Crippen LogP contribution in [0.25, 0.3) is 0 Å². The van der Waals surface area contributed by atoms with Gasteiger partial charge < -0.3 is 4.52 Å². The molecule has 0 saturated heterocycles. The number of rotatable bonds is 6. The number of carbonyl (C=O) groups is 1. The fraction of sp³-hybridized carbons (Fsp3) is 0.208. The van der Waals surface area contributed by atoms with Gasteiger partial charge >= 0.3 is 0 Å². The van der Waals surface area contributed by atoms with E-state index in [0.29, 0.717) is 21.7 Å². The summed E-state index contributed by atoms with van der Waals surface area (Å²) in [5.41, 5.74) is 4.04. The predicted octanol–water partition coefficient (Wildman–Crippen LogP) is 5.11. The molecule has 3 rings (SSSR count). The molecular formula is C24H25O3P. The van der Waals surface area contributed by atoms with Crippen molar-refractivity contribution in [2.75, 3.05) is 6.61 Å². The first-order valence-corrected chi connectivity index (χ1v) is 11.0. The van der Waals surface area contributed by atoms with Gasteiger partial charge in [-0.3, -0.25) is 9.36 Å². The van der Waals surface area contributed by atoms with Gasteiger partial charge in [0.05, 0.1) is 11.9 Å². The highest BCUT2D eigenvalue weighted by molar-refractivity contribution is 7.74. The van der Waals surface area contributed by atoms with Crippen LogP contribution < -0.4 is 10.6 Å². The Balaban J connectivity index is 2.21. The van der Waals surface area contributed by atoms with Crippen molar-refractivity contribution in [1.29, 1.82) is 0 Å². The van der Waals surface area contributed by atoms with Crippen molar-refractivity contribution in [2.24, 2.45) is 0 Å². The Bertz CT molecular complexity index is 1030. The van der Waals surface area contributed by atoms with Crippen LogP contribution >= 0.6 is 7.37 Å². The van der Waals surface area contributed by atoms with E-state index in [0.717, 1.165) is 16.7 Å². The quantitative estimate of drug-likeness (QED) is 0.433. The topological polar surface area (TPSA) is 43.4 Å². The lowest BCUT2D eigenvalue weighted by Crippen LogP contribution is -2.24. The van der Waals surface area contributed by atoms with Gasteiger partial charge in [-0.1, -0.05) is 54.1 Å². The minimum absolute atomic E-state index is 0.124. The predicted molar refractivity (Wildman–Crippen MR) is 115 cm³/mol. The van der Waals surface area contributed by atoms with Gasteiger partial charge in [-0.2, -0.15) is 0 Å². The average molecular weight is 392 g/mol. The van der Waals surface area contributed by atoms with Crippen LogP contribution in [0.5, 0.6) is 0 Å². The van der Waals surface area contributed by atoms with E-state index in [1.54, 1.807) is 36.4 Å². The molecule has 0 radical (unpaired) electrons. The van der Waals surface area contributed by atoms with Gasteiger partial charge in [-0.05, 0) is 57.0 Å². The smallest absolute Gasteiger partial charge is 0.262 e. The molecule has 1 atom stereocenters. The summed E-state index contributed by atoms with van der Waals surface area (Å²) in [5.74, 6) is -0.124. The normalized spacial score (nSPS) is 13.1. The second kappa shape index (κ2) is 8.26. The van der Waals surface area contributed by atoms with Crippen LogP contribution in [0, 0.1) is 20.8 Å². The zero-order valence-corrected chi connectivity index (χ0v) is 17.6. The highest BCUT2D eigenvalue weighted by Gasteiger charge is 2.33. The molecule has 0 heterocycles. The molecule has 144 valence electrons. The van der Waals surface area contributed by atoms with Crippen LogP contribution in [-0.2, 0) is 9.09 Å². The van der Waals surface area contributed by atoms with Crippen molar-refractivity contribution in [3.63, 3.8) is 0 Å². The maximum atomic E-state index is 14.0. The Morgan fingerprint density at radius 2 is 1.46 bits per heavy atom. The second-order valence-electron chi connectivity index (χ2n) is 6.92. The monoisotopic (exact) mass is 392 g/mol. The molecule has 0 fully saturated rings. The average Bonchev–Trinajstić information content (AvgIpc) is 2.68. The summed E-state index contributed by atoms with van der Waals surface area (Å²) in [6.45, 7) is 8.00. The standard InChI is InChI=1S/C24H25O3P/c1-5-27-28(26,20-11-7-6-8-12-20)22-14-10-9-13-21(22)24(25)23-18(3)15-17(2)16-19(23)4/h6-16H,5H2,1-4H3. The Labute approximate surface area is 166 Å². The van der Waals surface area contributed by atoms with Gasteiger partial charge in [0.25, 0.3) is 7.37 Å². The third-order valence-corrected chi connectivity index (χ3v) is 7.40. The van der Waals surface area contributed by atoms with Crippen molar-refractivity contribution in [2.45, 2.75) is 27.7 Å². The van der Waals surface area contributed by atoms with Crippen LogP contribution in [0.3, 0.4) is 0 Å². The lowest BCUT2D eigenvalue weighted by molar-refractivity contribution is 0.103. The van der Waals surface area contributed by atoms with E-state index in [-0.39, 0.29) is 12.4 Å². The van der Waals surface area contributed by atoms with Crippen molar-refractivity contribution in [3.05, 3.63) is 94.5 Å². The van der Waals surface area contributed by atoms with E-state index in [4.69, 9.17) is 4.52 Å². The molecular weight excluding hydrogens is 367 g/mol. The first-order chi connectivity index (χ1) is 13.4. The van der Waals surface area contributed by atoms with Crippen molar-refractivity contribution in [3.8, 4) is 0 Å². The van der Waals surface area contributed by atoms with Crippen LogP contribution in [0.4, 0.5) is 0 Å². The summed E-state index contributed by atoms with van der Waals surface area (Å²) in [6, 6.07) is 20.2. The number of aryl methyl sites for hydroxylation is 3. The largest absolute Gasteiger partial charge is 0.322 e. The van der Waals surface area contributed by atoms with Crippen LogP contribution in [-0.4, -0.2) is 12.4 Å². The minimum atomic E-state index is -3.40. The number of ketones is 1. The van der Waals surface area contributed by atoms with Crippen LogP contribution in [0.1, 0.15) is 39.5 Å². The summed E-state index contributed by atoms with van der Waals surface area (Å²) in [5, 5.41) is 1.04. The maximum Gasteiger partial charge on any atom is 0.262 e. The highest BCUT2D eigenvalue weighted by Crippen LogP contribution is 2.45. The van der Waals surface area contributed by atoms with E-state index < -0.39 is 7.37 Å². The number of hydrogen-bond donors (Lipinski definition) is 0. The first-order valence-electron chi connectivity index (χ1n) is 9.41. The van der Waals surface area contributed by atoms with E-state index in [1.807, 2.05) is 58.0 Å². The van der Waals surface area contributed by atoms with Gasteiger partial charge in [0.2, 0.25) is 0 Å². The summed E-state index contributed by atoms with van der Waals surface area (Å²) in [7, 11) is -3.40. The van der Waals surface area contributed by atoms with E-state index in [1.165, 1.54) is 0 Å². The molecule has 0 saturated carbocycles. The molecule has 0 aliphatic rings. The van der Waals surface area contributed by atoms with Crippen molar-refractivity contribution in [1.82, 2.24) is 0 Å². The lowest BCUT2D eigenvalue weighted by atomic mass is 9.93. The minimum Gasteiger partial charge on any atom is -0.322 e. The number of hydrogen-bond acceptors (Lipinski definition) is 3. The fourth-order valence-electron chi connectivity index (χ4n) is 3.68. The Morgan fingerprint density at radius 1 is 0.893 bits per heavy atom. The Hall–Kier alpha value is -2.48. The molecule has 3 aromatic rings. The Morgan fingerprint density at radius 3 is 2.07 bits per heavy atom. The third kappa shape index (κ3) is 3.73. The molecule has 0 aliphatic carbocycles. The summed E-state index contributed by atoms with van der Waals surface area (Å²) >= 11 is 0. The van der Waals surface area contributed by atoms with Gasteiger partial charge in [0.15, 0.2) is 5.78 Å². The van der Waals surface area contributed by atoms with E-state index >= 15 is 0 Å². The highest BCUT2D eigenvalue weighted by atomic mass is 31.2. The second-order valence-corrected chi connectivity index (χ2v) is 9.28. The van der Waals surface area contributed by atoms with Gasteiger partial charge in [0.1, 0.15) is 0 Å². The van der Waals surface area contributed by atoms with Gasteiger partial charge in [-0.25, -0.2) is 0 Å². The van der Waals surface area contributed by atoms with Gasteiger partial charge in [-0.15, -0.1) is 0 Å². The Kier molecular flexibility index (Phi) is 5.98. The molecule has 1 unspecified atom stereocenters. The summed E-state index contributed by atoms with van der Waals surface area (Å²) < 4.78 is 19.8. The van der Waals surface area contributed by atoms with Crippen molar-refractivity contribution < 1.29 is 13.9 Å². The third-order valence-electron chi connectivity index (χ3n) is 4.78. The molecule has 0 bridgehead atoms. The molecule has 3 aromatic carbocycles. The first kappa shape index (κ1) is 20.3. The summed E-state index contributed by atoms with van der Waals surface area (Å²) in [6.07, 6.45) is 0. The molecule has 0 spiro atoms. The fourth-order valence-corrected chi connectivity index (χ4v) is 5.95. The van der Waals surface area contributed by atoms with Crippen molar-refractivity contribution >= 4 is 23.8 Å². The zero-order valence-electron chi connectivity index (χ0n) is 16.7. The van der Waals surface area contributed by atoms with E-state index in [9.17, 15) is 9.36 Å². The van der Waals surface area contributed by atoms with Crippen LogP contribution in [0.15, 0.2) is 66.7 Å². The number of carbonyl (C=O) groups excluding carboxylic acids is 1. The van der Waals surface area contributed by atoms with Gasteiger partial charge in [0, 0.05) is 16.4 Å². The molecule has 28 heavy (non-hydrogen) atoms. The van der Waals surface area contributed by atoms with Crippen LogP contribution in [0.2, 0.25) is 0 Å². The molecule has 0 N–H and O–H groups in total. The number of benzene rings is 3. The maximum absolute atomic E-state index is 14.0. The molecule has 3 nitrogen and oxygen atoms in total. The SMILES string of the molecule is CCOP(=O)(c1ccccc1)c1ccccc1C(=O)c1c(C)cc(C)cc1C. The summed E-state index contributed by atoms with van der Waals surface area (Å²) in [4.78, 5) is 13.5. The molecule has 4 heteroatoms. The molecule has 0 amide bonds. The lowest BCUT2D eigenvalue weighted by Gasteiger charge is -2.21. The molecule has 0 aliphatic heterocycles. The zero-order chi connectivity index (χ0) is 20.3.